The van der Waals surface area contributed by atoms with E-state index in [4.69, 9.17) is 5.11 Å². The van der Waals surface area contributed by atoms with Crippen LogP contribution in [0.4, 0.5) is 0 Å². The molecule has 0 bridgehead atoms. The molecule has 1 rings (SSSR count). The number of carboxylic acid groups (broad SMARTS) is 1. The Balaban J connectivity index is 2.34. The zero-order chi connectivity index (χ0) is 8.27. The molecule has 0 saturated carbocycles. The molecule has 0 radical (unpaired) electrons. The van der Waals surface area contributed by atoms with Gasteiger partial charge in [-0.15, -0.1) is 6.58 Å². The summed E-state index contributed by atoms with van der Waals surface area (Å²) in [6.07, 6.45) is 3.49. The zero-order valence-corrected chi connectivity index (χ0v) is 6.42. The number of aliphatic carboxylic acids is 1. The summed E-state index contributed by atoms with van der Waals surface area (Å²) in [5.74, 6) is -0.273. The second-order valence-electron chi connectivity index (χ2n) is 2.93. The van der Waals surface area contributed by atoms with E-state index in [2.05, 4.69) is 11.9 Å². The van der Waals surface area contributed by atoms with E-state index in [9.17, 15) is 4.79 Å². The predicted octanol–water partition coefficient (Wildman–Crippen LogP) is 0.625. The monoisotopic (exact) mass is 155 g/mol. The van der Waals surface area contributed by atoms with E-state index in [1.165, 1.54) is 0 Å². The van der Waals surface area contributed by atoms with Crippen molar-refractivity contribution < 1.29 is 9.90 Å². The van der Waals surface area contributed by atoms with E-state index in [0.29, 0.717) is 5.92 Å². The summed E-state index contributed by atoms with van der Waals surface area (Å²) in [6, 6.07) is -0.333. The Morgan fingerprint density at radius 1 is 1.82 bits per heavy atom. The molecular weight excluding hydrogens is 142 g/mol. The third-order valence-corrected chi connectivity index (χ3v) is 2.02. The Labute approximate surface area is 66.1 Å². The lowest BCUT2D eigenvalue weighted by molar-refractivity contribution is -0.139. The summed E-state index contributed by atoms with van der Waals surface area (Å²) < 4.78 is 0. The fourth-order valence-electron chi connectivity index (χ4n) is 1.41. The molecule has 1 unspecified atom stereocenters. The Hall–Kier alpha value is -0.830. The summed E-state index contributed by atoms with van der Waals surface area (Å²) in [4.78, 5) is 10.5. The molecule has 1 saturated heterocycles. The van der Waals surface area contributed by atoms with Gasteiger partial charge in [-0.05, 0) is 25.3 Å². The van der Waals surface area contributed by atoms with E-state index in [1.807, 2.05) is 6.08 Å². The molecule has 1 fully saturated rings. The van der Waals surface area contributed by atoms with Gasteiger partial charge in [-0.25, -0.2) is 0 Å². The van der Waals surface area contributed by atoms with E-state index in [-0.39, 0.29) is 6.04 Å². The van der Waals surface area contributed by atoms with Gasteiger partial charge in [-0.2, -0.15) is 0 Å². The molecule has 0 spiro atoms. The molecule has 1 aliphatic rings. The van der Waals surface area contributed by atoms with Crippen molar-refractivity contribution in [3.05, 3.63) is 12.7 Å². The third kappa shape index (κ3) is 2.05. The van der Waals surface area contributed by atoms with Crippen molar-refractivity contribution >= 4 is 5.97 Å². The first-order valence-electron chi connectivity index (χ1n) is 3.81. The van der Waals surface area contributed by atoms with Crippen molar-refractivity contribution in [2.24, 2.45) is 5.92 Å². The molecule has 0 aromatic heterocycles. The van der Waals surface area contributed by atoms with Gasteiger partial charge in [-0.1, -0.05) is 6.08 Å². The number of hydrogen-bond acceptors (Lipinski definition) is 2. The molecule has 0 amide bonds. The van der Waals surface area contributed by atoms with Crippen LogP contribution in [-0.4, -0.2) is 23.7 Å². The molecule has 0 aromatic carbocycles. The number of carbonyl (C=O) groups is 1. The van der Waals surface area contributed by atoms with Gasteiger partial charge < -0.3 is 10.4 Å². The molecule has 0 aromatic rings. The molecule has 11 heavy (non-hydrogen) atoms. The average molecular weight is 155 g/mol. The molecule has 2 N–H and O–H groups in total. The highest BCUT2D eigenvalue weighted by molar-refractivity contribution is 5.73. The van der Waals surface area contributed by atoms with Gasteiger partial charge in [0.1, 0.15) is 6.04 Å². The quantitative estimate of drug-likeness (QED) is 0.587. The topological polar surface area (TPSA) is 49.3 Å². The first-order chi connectivity index (χ1) is 5.24. The predicted molar refractivity (Wildman–Crippen MR) is 42.3 cm³/mol. The van der Waals surface area contributed by atoms with Crippen LogP contribution in [0.1, 0.15) is 12.8 Å². The minimum Gasteiger partial charge on any atom is -0.480 e. The fraction of sp³-hybridized carbons (Fsp3) is 0.625. The summed E-state index contributed by atoms with van der Waals surface area (Å²) in [6.45, 7) is 4.43. The van der Waals surface area contributed by atoms with Crippen molar-refractivity contribution in [3.63, 3.8) is 0 Å². The van der Waals surface area contributed by atoms with Crippen LogP contribution in [0.3, 0.4) is 0 Å². The molecule has 2 atom stereocenters. The van der Waals surface area contributed by atoms with E-state index < -0.39 is 5.97 Å². The van der Waals surface area contributed by atoms with Crippen molar-refractivity contribution in [1.82, 2.24) is 5.32 Å². The first kappa shape index (κ1) is 8.27. The summed E-state index contributed by atoms with van der Waals surface area (Å²) >= 11 is 0. The van der Waals surface area contributed by atoms with Gasteiger partial charge in [-0.3, -0.25) is 4.79 Å². The molecule has 0 aliphatic carbocycles. The first-order valence-corrected chi connectivity index (χ1v) is 3.81. The maximum Gasteiger partial charge on any atom is 0.320 e. The number of nitrogens with one attached hydrogen (secondary N) is 1. The molecular formula is C8H13NO2. The number of hydrogen-bond donors (Lipinski definition) is 2. The van der Waals surface area contributed by atoms with Gasteiger partial charge >= 0.3 is 5.97 Å². The molecule has 62 valence electrons. The lowest BCUT2D eigenvalue weighted by atomic mass is 10.0. The van der Waals surface area contributed by atoms with Crippen LogP contribution in [0, 0.1) is 5.92 Å². The minimum absolute atomic E-state index is 0.333. The molecule has 3 heteroatoms. The Morgan fingerprint density at radius 3 is 3.00 bits per heavy atom. The molecule has 3 nitrogen and oxygen atoms in total. The van der Waals surface area contributed by atoms with Gasteiger partial charge in [0.25, 0.3) is 0 Å². The van der Waals surface area contributed by atoms with Crippen LogP contribution in [0.15, 0.2) is 12.7 Å². The smallest absolute Gasteiger partial charge is 0.320 e. The second-order valence-corrected chi connectivity index (χ2v) is 2.93. The molecule has 1 aliphatic heterocycles. The van der Waals surface area contributed by atoms with Crippen molar-refractivity contribution in [2.75, 3.05) is 6.54 Å². The number of rotatable bonds is 3. The van der Waals surface area contributed by atoms with Crippen LogP contribution in [-0.2, 0) is 4.79 Å². The van der Waals surface area contributed by atoms with Crippen LogP contribution < -0.4 is 5.32 Å². The highest BCUT2D eigenvalue weighted by Crippen LogP contribution is 2.17. The number of allylic oxidation sites excluding steroid dienone is 1. The van der Waals surface area contributed by atoms with Crippen LogP contribution in [0.5, 0.6) is 0 Å². The van der Waals surface area contributed by atoms with Crippen molar-refractivity contribution in [3.8, 4) is 0 Å². The van der Waals surface area contributed by atoms with E-state index >= 15 is 0 Å². The number of carboxylic acids is 1. The third-order valence-electron chi connectivity index (χ3n) is 2.02. The van der Waals surface area contributed by atoms with E-state index in [0.717, 1.165) is 19.4 Å². The lowest BCUT2D eigenvalue weighted by Gasteiger charge is -2.02. The second kappa shape index (κ2) is 3.53. The normalized spacial score (nSPS) is 30.2. The van der Waals surface area contributed by atoms with Gasteiger partial charge in [0.2, 0.25) is 0 Å². The van der Waals surface area contributed by atoms with Crippen molar-refractivity contribution in [1.29, 1.82) is 0 Å². The Kier molecular flexibility index (Phi) is 2.65. The van der Waals surface area contributed by atoms with Gasteiger partial charge in [0, 0.05) is 0 Å². The highest BCUT2D eigenvalue weighted by Gasteiger charge is 2.27. The zero-order valence-electron chi connectivity index (χ0n) is 6.42. The van der Waals surface area contributed by atoms with E-state index in [1.54, 1.807) is 0 Å². The highest BCUT2D eigenvalue weighted by atomic mass is 16.4. The van der Waals surface area contributed by atoms with Crippen LogP contribution >= 0.6 is 0 Å². The van der Waals surface area contributed by atoms with Crippen molar-refractivity contribution in [2.45, 2.75) is 18.9 Å². The maximum absolute atomic E-state index is 10.5. The largest absolute Gasteiger partial charge is 0.480 e. The van der Waals surface area contributed by atoms with Gasteiger partial charge in [0.05, 0.1) is 0 Å². The fourth-order valence-corrected chi connectivity index (χ4v) is 1.41. The van der Waals surface area contributed by atoms with Gasteiger partial charge in [0.15, 0.2) is 0 Å². The minimum atomic E-state index is -0.739. The summed E-state index contributed by atoms with van der Waals surface area (Å²) in [5, 5.41) is 11.6. The van der Waals surface area contributed by atoms with Crippen LogP contribution in [0.2, 0.25) is 0 Å². The standard InChI is InChI=1S/C8H13NO2/c1-2-3-6-4-7(8(10)11)9-5-6/h2,6-7,9H,1,3-5H2,(H,10,11)/t6?,7-/m0/s1. The van der Waals surface area contributed by atoms with Crippen LogP contribution in [0.25, 0.3) is 0 Å². The summed E-state index contributed by atoms with van der Waals surface area (Å²) in [5.41, 5.74) is 0. The summed E-state index contributed by atoms with van der Waals surface area (Å²) in [7, 11) is 0. The SMILES string of the molecule is C=CCC1CN[C@H](C(=O)O)C1. The molecule has 1 heterocycles. The average Bonchev–Trinajstić information content (AvgIpc) is 2.37. The Morgan fingerprint density at radius 2 is 2.55 bits per heavy atom. The Bertz CT molecular complexity index is 167. The maximum atomic E-state index is 10.5. The lowest BCUT2D eigenvalue weighted by Crippen LogP contribution is -2.29.